The fourth-order valence-corrected chi connectivity index (χ4v) is 3.73. The minimum atomic E-state index is -4.43. The molecule has 2 aromatic carbocycles. The van der Waals surface area contributed by atoms with Crippen LogP contribution in [0.2, 0.25) is 0 Å². The van der Waals surface area contributed by atoms with Gasteiger partial charge in [0.05, 0.1) is 17.9 Å². The number of amides is 1. The smallest absolute Gasteiger partial charge is 0.416 e. The predicted octanol–water partition coefficient (Wildman–Crippen LogP) is 5.10. The molecule has 1 amide bonds. The van der Waals surface area contributed by atoms with Gasteiger partial charge in [-0.1, -0.05) is 17.8 Å². The van der Waals surface area contributed by atoms with E-state index in [1.54, 1.807) is 37.8 Å². The van der Waals surface area contributed by atoms with Crippen LogP contribution < -0.4 is 14.8 Å². The van der Waals surface area contributed by atoms with Crippen molar-refractivity contribution in [2.24, 2.45) is 7.05 Å². The Morgan fingerprint density at radius 2 is 1.76 bits per heavy atom. The van der Waals surface area contributed by atoms with Crippen LogP contribution in [-0.4, -0.2) is 33.0 Å². The molecule has 0 aliphatic heterocycles. The molecule has 0 saturated carbocycles. The number of hydrogen-bond donors (Lipinski definition) is 1. The topological polar surface area (TPSA) is 78.3 Å². The lowest BCUT2D eigenvalue weighted by molar-refractivity contribution is -0.137. The van der Waals surface area contributed by atoms with Gasteiger partial charge in [-0.3, -0.25) is 4.79 Å². The van der Waals surface area contributed by atoms with Gasteiger partial charge in [0, 0.05) is 18.8 Å². The van der Waals surface area contributed by atoms with E-state index in [1.165, 1.54) is 23.9 Å². The summed E-state index contributed by atoms with van der Waals surface area (Å²) in [5.41, 5.74) is -0.501. The maximum Gasteiger partial charge on any atom is 0.416 e. The van der Waals surface area contributed by atoms with E-state index in [1.807, 2.05) is 19.1 Å². The zero-order valence-electron chi connectivity index (χ0n) is 18.4. The minimum absolute atomic E-state index is 0.277. The molecule has 0 bridgehead atoms. The van der Waals surface area contributed by atoms with Gasteiger partial charge in [-0.2, -0.15) is 13.2 Å². The number of halogens is 3. The van der Waals surface area contributed by atoms with E-state index in [4.69, 9.17) is 9.47 Å². The molecule has 0 fully saturated rings. The van der Waals surface area contributed by atoms with Crippen molar-refractivity contribution < 1.29 is 27.4 Å². The molecule has 0 aliphatic carbocycles. The Labute approximate surface area is 193 Å². The maximum atomic E-state index is 12.7. The van der Waals surface area contributed by atoms with E-state index in [0.29, 0.717) is 22.5 Å². The van der Waals surface area contributed by atoms with E-state index >= 15 is 0 Å². The number of alkyl halides is 3. The van der Waals surface area contributed by atoms with Crippen molar-refractivity contribution in [3.63, 3.8) is 0 Å². The van der Waals surface area contributed by atoms with Crippen LogP contribution in [0.1, 0.15) is 31.3 Å². The van der Waals surface area contributed by atoms with Gasteiger partial charge in [0.15, 0.2) is 17.1 Å². The summed E-state index contributed by atoms with van der Waals surface area (Å²) in [6.07, 6.45) is -4.84. The maximum absolute atomic E-state index is 12.7. The summed E-state index contributed by atoms with van der Waals surface area (Å²) in [6.45, 7) is 3.51. The molecule has 3 rings (SSSR count). The van der Waals surface area contributed by atoms with Gasteiger partial charge >= 0.3 is 6.18 Å². The Balaban J connectivity index is 1.62. The summed E-state index contributed by atoms with van der Waals surface area (Å²) < 4.78 is 50.9. The molecule has 11 heteroatoms. The highest BCUT2D eigenvalue weighted by Crippen LogP contribution is 2.31. The zero-order valence-corrected chi connectivity index (χ0v) is 19.2. The Morgan fingerprint density at radius 3 is 2.39 bits per heavy atom. The van der Waals surface area contributed by atoms with Crippen molar-refractivity contribution >= 4 is 23.4 Å². The molecule has 2 atom stereocenters. The third-order valence-corrected chi connectivity index (χ3v) is 5.85. The van der Waals surface area contributed by atoms with Crippen molar-refractivity contribution in [1.82, 2.24) is 14.8 Å². The Hall–Kier alpha value is -3.21. The molecule has 1 aromatic heterocycles. The Bertz CT molecular complexity index is 1100. The number of nitrogens with zero attached hydrogens (tertiary/aromatic N) is 3. The average molecular weight is 481 g/mol. The van der Waals surface area contributed by atoms with E-state index in [9.17, 15) is 18.0 Å². The van der Waals surface area contributed by atoms with Crippen LogP contribution in [0.25, 0.3) is 0 Å². The lowest BCUT2D eigenvalue weighted by Crippen LogP contribution is -2.23. The summed E-state index contributed by atoms with van der Waals surface area (Å²) in [6, 6.07) is 11.5. The molecule has 2 unspecified atom stereocenters. The van der Waals surface area contributed by atoms with Crippen LogP contribution in [-0.2, 0) is 18.0 Å². The fourth-order valence-electron chi connectivity index (χ4n) is 2.91. The zero-order chi connectivity index (χ0) is 24.2. The van der Waals surface area contributed by atoms with E-state index in [-0.39, 0.29) is 11.6 Å². The fraction of sp³-hybridized carbons (Fsp3) is 0.318. The van der Waals surface area contributed by atoms with Gasteiger partial charge in [0.2, 0.25) is 5.91 Å². The van der Waals surface area contributed by atoms with E-state index in [0.717, 1.165) is 12.1 Å². The standard InChI is InChI=1S/C22H23F3N4O3S/c1-13(32-18-7-5-6-17(12-18)31-4)19-27-28-21(29(19)3)33-14(2)20(30)26-16-10-8-15(9-11-16)22(23,24)25/h5-14H,1-4H3,(H,26,30). The number of aromatic nitrogens is 3. The van der Waals surface area contributed by atoms with Crippen molar-refractivity contribution in [3.8, 4) is 11.5 Å². The molecule has 7 nitrogen and oxygen atoms in total. The molecule has 0 saturated heterocycles. The van der Waals surface area contributed by atoms with Crippen LogP contribution in [0, 0.1) is 0 Å². The summed E-state index contributed by atoms with van der Waals surface area (Å²) in [7, 11) is 3.34. The normalized spacial score (nSPS) is 13.3. The SMILES string of the molecule is COc1cccc(OC(C)c2nnc(SC(C)C(=O)Nc3ccc(C(F)(F)F)cc3)n2C)c1. The first-order valence-electron chi connectivity index (χ1n) is 9.93. The van der Waals surface area contributed by atoms with Crippen molar-refractivity contribution in [3.05, 3.63) is 59.9 Å². The number of methoxy groups -OCH3 is 1. The van der Waals surface area contributed by atoms with Crippen molar-refractivity contribution in [1.29, 1.82) is 0 Å². The largest absolute Gasteiger partial charge is 0.497 e. The van der Waals surface area contributed by atoms with Gasteiger partial charge in [0.1, 0.15) is 11.5 Å². The summed E-state index contributed by atoms with van der Waals surface area (Å²) in [5, 5.41) is 10.9. The second kappa shape index (κ2) is 10.2. The van der Waals surface area contributed by atoms with E-state index < -0.39 is 23.1 Å². The number of thioether (sulfide) groups is 1. The number of ether oxygens (including phenoxy) is 2. The first-order valence-corrected chi connectivity index (χ1v) is 10.8. The lowest BCUT2D eigenvalue weighted by Gasteiger charge is -2.15. The number of rotatable bonds is 8. The molecule has 0 aliphatic rings. The molecule has 33 heavy (non-hydrogen) atoms. The first-order chi connectivity index (χ1) is 15.6. The average Bonchev–Trinajstić information content (AvgIpc) is 3.13. The highest BCUT2D eigenvalue weighted by atomic mass is 32.2. The summed E-state index contributed by atoms with van der Waals surface area (Å²) >= 11 is 1.18. The van der Waals surface area contributed by atoms with Gasteiger partial charge in [-0.15, -0.1) is 10.2 Å². The molecular weight excluding hydrogens is 457 g/mol. The third kappa shape index (κ3) is 6.19. The minimum Gasteiger partial charge on any atom is -0.497 e. The number of anilines is 1. The molecule has 1 N–H and O–H groups in total. The number of carbonyl (C=O) groups excluding carboxylic acids is 1. The third-order valence-electron chi connectivity index (χ3n) is 4.72. The van der Waals surface area contributed by atoms with Gasteiger partial charge in [-0.25, -0.2) is 0 Å². The predicted molar refractivity (Wildman–Crippen MR) is 118 cm³/mol. The van der Waals surface area contributed by atoms with Gasteiger partial charge < -0.3 is 19.4 Å². The second-order valence-corrected chi connectivity index (χ2v) is 8.47. The van der Waals surface area contributed by atoms with Crippen LogP contribution >= 0.6 is 11.8 Å². The van der Waals surface area contributed by atoms with Crippen LogP contribution in [0.5, 0.6) is 11.5 Å². The molecule has 0 spiro atoms. The van der Waals surface area contributed by atoms with E-state index in [2.05, 4.69) is 15.5 Å². The van der Waals surface area contributed by atoms with Crippen LogP contribution in [0.3, 0.4) is 0 Å². The monoisotopic (exact) mass is 480 g/mol. The van der Waals surface area contributed by atoms with Gasteiger partial charge in [-0.05, 0) is 50.2 Å². The lowest BCUT2D eigenvalue weighted by atomic mass is 10.2. The highest BCUT2D eigenvalue weighted by Gasteiger charge is 2.30. The van der Waals surface area contributed by atoms with Crippen LogP contribution in [0.15, 0.2) is 53.7 Å². The molecule has 1 heterocycles. The molecular formula is C22H23F3N4O3S. The summed E-state index contributed by atoms with van der Waals surface area (Å²) in [4.78, 5) is 12.5. The number of nitrogens with one attached hydrogen (secondary N) is 1. The molecule has 0 radical (unpaired) electrons. The Morgan fingerprint density at radius 1 is 1.09 bits per heavy atom. The number of hydrogen-bond acceptors (Lipinski definition) is 6. The second-order valence-electron chi connectivity index (χ2n) is 7.16. The molecule has 176 valence electrons. The first kappa shape index (κ1) is 24.4. The molecule has 3 aromatic rings. The van der Waals surface area contributed by atoms with Crippen LogP contribution in [0.4, 0.5) is 18.9 Å². The quantitative estimate of drug-likeness (QED) is 0.452. The number of carbonyl (C=O) groups is 1. The number of benzene rings is 2. The van der Waals surface area contributed by atoms with Crippen molar-refractivity contribution in [2.45, 2.75) is 36.5 Å². The summed E-state index contributed by atoms with van der Waals surface area (Å²) in [5.74, 6) is 1.48. The van der Waals surface area contributed by atoms with Crippen molar-refractivity contribution in [2.75, 3.05) is 12.4 Å². The Kier molecular flexibility index (Phi) is 7.52. The highest BCUT2D eigenvalue weighted by molar-refractivity contribution is 8.00. The van der Waals surface area contributed by atoms with Gasteiger partial charge in [0.25, 0.3) is 0 Å².